The number of methoxy groups -OCH3 is 1. The number of ether oxygens (including phenoxy) is 1. The molecule has 1 amide bonds. The lowest BCUT2D eigenvalue weighted by molar-refractivity contribution is 0.0724. The maximum absolute atomic E-state index is 12.7. The van der Waals surface area contributed by atoms with E-state index in [1.807, 2.05) is 18.2 Å². The van der Waals surface area contributed by atoms with Crippen LogP contribution in [0.25, 0.3) is 10.1 Å². The maximum Gasteiger partial charge on any atom is 0.266 e. The first-order valence-corrected chi connectivity index (χ1v) is 8.06. The molecule has 0 bridgehead atoms. The second-order valence-electron chi connectivity index (χ2n) is 4.52. The summed E-state index contributed by atoms with van der Waals surface area (Å²) < 4.78 is 7.01. The summed E-state index contributed by atoms with van der Waals surface area (Å²) in [5.74, 6) is -0.0817. The SMILES string of the molecule is C=CCN(CCOC)C(=O)c1sc2cc(Br)ccc2c1N. The minimum atomic E-state index is -0.0817. The zero-order chi connectivity index (χ0) is 15.4. The van der Waals surface area contributed by atoms with Gasteiger partial charge in [-0.1, -0.05) is 28.1 Å². The molecule has 0 aliphatic heterocycles. The van der Waals surface area contributed by atoms with E-state index in [1.54, 1.807) is 18.1 Å². The first kappa shape index (κ1) is 16.0. The Bertz CT molecular complexity index is 669. The molecular weight excluding hydrogens is 352 g/mol. The third-order valence-corrected chi connectivity index (χ3v) is 4.74. The summed E-state index contributed by atoms with van der Waals surface area (Å²) in [6.07, 6.45) is 1.70. The van der Waals surface area contributed by atoms with Crippen LogP contribution < -0.4 is 5.73 Å². The van der Waals surface area contributed by atoms with Crippen LogP contribution >= 0.6 is 27.3 Å². The minimum absolute atomic E-state index is 0.0817. The van der Waals surface area contributed by atoms with Gasteiger partial charge in [0.05, 0.1) is 12.3 Å². The molecule has 0 aliphatic carbocycles. The summed E-state index contributed by atoms with van der Waals surface area (Å²) in [4.78, 5) is 14.9. The van der Waals surface area contributed by atoms with Crippen molar-refractivity contribution in [3.05, 3.63) is 40.2 Å². The summed E-state index contributed by atoms with van der Waals surface area (Å²) in [7, 11) is 1.61. The Morgan fingerprint density at radius 2 is 2.33 bits per heavy atom. The molecule has 1 aromatic carbocycles. The number of nitrogens with zero attached hydrogens (tertiary/aromatic N) is 1. The average Bonchev–Trinajstić information content (AvgIpc) is 2.79. The third-order valence-electron chi connectivity index (χ3n) is 3.09. The highest BCUT2D eigenvalue weighted by Gasteiger charge is 2.21. The number of carbonyl (C=O) groups is 1. The summed E-state index contributed by atoms with van der Waals surface area (Å²) in [5, 5.41) is 0.914. The van der Waals surface area contributed by atoms with E-state index in [-0.39, 0.29) is 5.91 Å². The lowest BCUT2D eigenvalue weighted by atomic mass is 10.2. The number of nitrogens with two attached hydrogens (primary N) is 1. The van der Waals surface area contributed by atoms with Crippen LogP contribution in [0.15, 0.2) is 35.3 Å². The van der Waals surface area contributed by atoms with Gasteiger partial charge in [0.2, 0.25) is 0 Å². The zero-order valence-corrected chi connectivity index (χ0v) is 14.2. The van der Waals surface area contributed by atoms with Crippen molar-refractivity contribution in [3.8, 4) is 0 Å². The molecule has 4 nitrogen and oxygen atoms in total. The van der Waals surface area contributed by atoms with Crippen molar-refractivity contribution in [1.82, 2.24) is 4.90 Å². The Labute approximate surface area is 136 Å². The van der Waals surface area contributed by atoms with Gasteiger partial charge in [-0.25, -0.2) is 0 Å². The Morgan fingerprint density at radius 1 is 1.57 bits per heavy atom. The van der Waals surface area contributed by atoms with Crippen LogP contribution in [0.5, 0.6) is 0 Å². The number of hydrogen-bond acceptors (Lipinski definition) is 4. The Balaban J connectivity index is 2.36. The van der Waals surface area contributed by atoms with E-state index >= 15 is 0 Å². The fourth-order valence-electron chi connectivity index (χ4n) is 2.03. The molecule has 0 radical (unpaired) electrons. The molecule has 0 atom stereocenters. The van der Waals surface area contributed by atoms with E-state index < -0.39 is 0 Å². The molecule has 1 aromatic heterocycles. The van der Waals surface area contributed by atoms with Crippen LogP contribution in [0.1, 0.15) is 9.67 Å². The molecular formula is C15H17BrN2O2S. The number of rotatable bonds is 6. The maximum atomic E-state index is 12.7. The fraction of sp³-hybridized carbons (Fsp3) is 0.267. The number of benzene rings is 1. The fourth-order valence-corrected chi connectivity index (χ4v) is 3.67. The molecule has 2 N–H and O–H groups in total. The molecule has 0 spiro atoms. The summed E-state index contributed by atoms with van der Waals surface area (Å²) in [5.41, 5.74) is 6.68. The molecule has 21 heavy (non-hydrogen) atoms. The Hall–Kier alpha value is -1.37. The second-order valence-corrected chi connectivity index (χ2v) is 6.49. The average molecular weight is 369 g/mol. The molecule has 0 saturated carbocycles. The second kappa shape index (κ2) is 7.06. The highest BCUT2D eigenvalue weighted by atomic mass is 79.9. The van der Waals surface area contributed by atoms with Gasteiger partial charge in [0, 0.05) is 34.8 Å². The van der Waals surface area contributed by atoms with E-state index in [9.17, 15) is 4.79 Å². The van der Waals surface area contributed by atoms with Gasteiger partial charge in [-0.3, -0.25) is 4.79 Å². The first-order valence-electron chi connectivity index (χ1n) is 6.45. The summed E-state index contributed by atoms with van der Waals surface area (Å²) in [6.45, 7) is 5.16. The predicted molar refractivity (Wildman–Crippen MR) is 91.9 cm³/mol. The monoisotopic (exact) mass is 368 g/mol. The molecule has 2 aromatic rings. The summed E-state index contributed by atoms with van der Waals surface area (Å²) >= 11 is 4.84. The van der Waals surface area contributed by atoms with Gasteiger partial charge in [-0.15, -0.1) is 17.9 Å². The normalized spacial score (nSPS) is 10.8. The molecule has 112 valence electrons. The van der Waals surface area contributed by atoms with Gasteiger partial charge < -0.3 is 15.4 Å². The molecule has 1 heterocycles. The number of hydrogen-bond donors (Lipinski definition) is 1. The lowest BCUT2D eigenvalue weighted by Crippen LogP contribution is -2.33. The van der Waals surface area contributed by atoms with Gasteiger partial charge in [0.25, 0.3) is 5.91 Å². The van der Waals surface area contributed by atoms with E-state index in [1.165, 1.54) is 11.3 Å². The number of nitrogen functional groups attached to an aromatic ring is 1. The van der Waals surface area contributed by atoms with Crippen molar-refractivity contribution in [1.29, 1.82) is 0 Å². The zero-order valence-electron chi connectivity index (χ0n) is 11.8. The van der Waals surface area contributed by atoms with Crippen LogP contribution in [0.4, 0.5) is 5.69 Å². The van der Waals surface area contributed by atoms with Gasteiger partial charge in [0.1, 0.15) is 4.88 Å². The molecule has 0 saturated heterocycles. The predicted octanol–water partition coefficient (Wildman–Crippen LogP) is 3.52. The van der Waals surface area contributed by atoms with Gasteiger partial charge in [0.15, 0.2) is 0 Å². The number of carbonyl (C=O) groups excluding carboxylic acids is 1. The Morgan fingerprint density at radius 3 is 3.00 bits per heavy atom. The van der Waals surface area contributed by atoms with E-state index in [0.29, 0.717) is 30.3 Å². The van der Waals surface area contributed by atoms with Crippen LogP contribution in [0.3, 0.4) is 0 Å². The first-order chi connectivity index (χ1) is 10.1. The molecule has 0 fully saturated rings. The topological polar surface area (TPSA) is 55.6 Å². The highest BCUT2D eigenvalue weighted by molar-refractivity contribution is 9.10. The smallest absolute Gasteiger partial charge is 0.266 e. The van der Waals surface area contributed by atoms with Crippen LogP contribution in [0.2, 0.25) is 0 Å². The number of amides is 1. The number of thiophene rings is 1. The van der Waals surface area contributed by atoms with Crippen molar-refractivity contribution in [2.24, 2.45) is 0 Å². The van der Waals surface area contributed by atoms with Crippen LogP contribution in [0, 0.1) is 0 Å². The summed E-state index contributed by atoms with van der Waals surface area (Å²) in [6, 6.07) is 5.82. The van der Waals surface area contributed by atoms with Crippen LogP contribution in [-0.4, -0.2) is 37.6 Å². The molecule has 0 aliphatic rings. The van der Waals surface area contributed by atoms with Crippen LogP contribution in [-0.2, 0) is 4.74 Å². The van der Waals surface area contributed by atoms with Crippen molar-refractivity contribution in [2.75, 3.05) is 32.5 Å². The van der Waals surface area contributed by atoms with Gasteiger partial charge in [-0.2, -0.15) is 0 Å². The lowest BCUT2D eigenvalue weighted by Gasteiger charge is -2.20. The van der Waals surface area contributed by atoms with Crippen molar-refractivity contribution < 1.29 is 9.53 Å². The highest BCUT2D eigenvalue weighted by Crippen LogP contribution is 2.35. The van der Waals surface area contributed by atoms with Crippen molar-refractivity contribution >= 4 is 48.9 Å². The Kier molecular flexibility index (Phi) is 5.39. The van der Waals surface area contributed by atoms with Crippen molar-refractivity contribution in [3.63, 3.8) is 0 Å². The standard InChI is InChI=1S/C15H17BrN2O2S/c1-3-6-18(7-8-20-2)15(19)14-13(17)11-5-4-10(16)9-12(11)21-14/h3-5,9H,1,6-8,17H2,2H3. The van der Waals surface area contributed by atoms with Gasteiger partial charge >= 0.3 is 0 Å². The number of anilines is 1. The van der Waals surface area contributed by atoms with E-state index in [0.717, 1.165) is 14.6 Å². The quantitative estimate of drug-likeness (QED) is 0.793. The molecule has 0 unspecified atom stereocenters. The van der Waals surface area contributed by atoms with Gasteiger partial charge in [-0.05, 0) is 12.1 Å². The number of fused-ring (bicyclic) bond motifs is 1. The number of halogens is 1. The van der Waals surface area contributed by atoms with E-state index in [4.69, 9.17) is 10.5 Å². The molecule has 2 rings (SSSR count). The third kappa shape index (κ3) is 3.45. The van der Waals surface area contributed by atoms with Crippen molar-refractivity contribution in [2.45, 2.75) is 0 Å². The van der Waals surface area contributed by atoms with E-state index in [2.05, 4.69) is 22.5 Å². The largest absolute Gasteiger partial charge is 0.397 e. The minimum Gasteiger partial charge on any atom is -0.397 e. The molecule has 6 heteroatoms.